The molecule has 0 rings (SSSR count). The van der Waals surface area contributed by atoms with Crippen LogP contribution in [0.25, 0.3) is 0 Å². The first-order valence-corrected chi connectivity index (χ1v) is 5.22. The minimum atomic E-state index is 0.552. The van der Waals surface area contributed by atoms with Crippen molar-refractivity contribution >= 4 is 0 Å². The molecule has 0 aromatic rings. The Morgan fingerprint density at radius 3 is 2.42 bits per heavy atom. The lowest BCUT2D eigenvalue weighted by Crippen LogP contribution is -2.28. The molecule has 0 aliphatic rings. The van der Waals surface area contributed by atoms with Crippen molar-refractivity contribution in [1.82, 2.24) is 5.48 Å². The van der Waals surface area contributed by atoms with Gasteiger partial charge < -0.3 is 4.84 Å². The number of hydroxylamine groups is 1. The van der Waals surface area contributed by atoms with Crippen LogP contribution in [0.15, 0.2) is 0 Å². The smallest absolute Gasteiger partial charge is 0.0654 e. The molecule has 0 amide bonds. The largest absolute Gasteiger partial charge is 0.302 e. The van der Waals surface area contributed by atoms with E-state index in [-0.39, 0.29) is 0 Å². The van der Waals surface area contributed by atoms with Gasteiger partial charge in [0.05, 0.1) is 6.61 Å². The molecule has 1 atom stereocenters. The Bertz CT molecular complexity index is 85.9. The second-order valence-corrected chi connectivity index (χ2v) is 3.15. The van der Waals surface area contributed by atoms with Crippen LogP contribution < -0.4 is 5.48 Å². The van der Waals surface area contributed by atoms with E-state index < -0.39 is 0 Å². The molecule has 12 heavy (non-hydrogen) atoms. The first-order chi connectivity index (χ1) is 5.85. The van der Waals surface area contributed by atoms with Gasteiger partial charge in [-0.15, -0.1) is 0 Å². The van der Waals surface area contributed by atoms with Crippen molar-refractivity contribution in [2.75, 3.05) is 6.61 Å². The van der Waals surface area contributed by atoms with Gasteiger partial charge in [0.2, 0.25) is 0 Å². The van der Waals surface area contributed by atoms with Crippen LogP contribution in [-0.2, 0) is 4.84 Å². The molecule has 2 nitrogen and oxygen atoms in total. The standard InChI is InChI=1S/C10H23NO/c1-4-7-8-9-10(5-2)11-12-6-3/h10-11H,4-9H2,1-3H3. The third kappa shape index (κ3) is 6.62. The molecule has 0 fully saturated rings. The number of nitrogens with one attached hydrogen (secondary N) is 1. The van der Waals surface area contributed by atoms with Gasteiger partial charge in [0, 0.05) is 6.04 Å². The predicted octanol–water partition coefficient (Wildman–Crippen LogP) is 2.89. The first-order valence-electron chi connectivity index (χ1n) is 5.22. The van der Waals surface area contributed by atoms with Crippen molar-refractivity contribution in [3.63, 3.8) is 0 Å². The summed E-state index contributed by atoms with van der Waals surface area (Å²) < 4.78 is 0. The maximum atomic E-state index is 5.17. The highest BCUT2D eigenvalue weighted by molar-refractivity contribution is 4.59. The van der Waals surface area contributed by atoms with E-state index in [1.54, 1.807) is 0 Å². The zero-order chi connectivity index (χ0) is 9.23. The summed E-state index contributed by atoms with van der Waals surface area (Å²) in [6, 6.07) is 0.552. The normalized spacial score (nSPS) is 13.2. The quantitative estimate of drug-likeness (QED) is 0.450. The van der Waals surface area contributed by atoms with E-state index in [1.807, 2.05) is 6.92 Å². The van der Waals surface area contributed by atoms with Gasteiger partial charge in [-0.05, 0) is 19.8 Å². The van der Waals surface area contributed by atoms with E-state index in [0.717, 1.165) is 13.0 Å². The summed E-state index contributed by atoms with van der Waals surface area (Å²) in [6.07, 6.45) is 6.35. The van der Waals surface area contributed by atoms with Crippen LogP contribution >= 0.6 is 0 Å². The molecule has 0 aliphatic carbocycles. The average molecular weight is 173 g/mol. The molecular formula is C10H23NO. The van der Waals surface area contributed by atoms with E-state index in [1.165, 1.54) is 25.7 Å². The second-order valence-electron chi connectivity index (χ2n) is 3.15. The van der Waals surface area contributed by atoms with E-state index in [0.29, 0.717) is 6.04 Å². The Balaban J connectivity index is 3.26. The van der Waals surface area contributed by atoms with E-state index >= 15 is 0 Å². The van der Waals surface area contributed by atoms with Crippen LogP contribution in [0.5, 0.6) is 0 Å². The molecular weight excluding hydrogens is 150 g/mol. The minimum absolute atomic E-state index is 0.552. The van der Waals surface area contributed by atoms with Gasteiger partial charge in [0.15, 0.2) is 0 Å². The van der Waals surface area contributed by atoms with Crippen LogP contribution in [0, 0.1) is 0 Å². The molecule has 74 valence electrons. The Hall–Kier alpha value is -0.0800. The molecule has 0 bridgehead atoms. The third-order valence-corrected chi connectivity index (χ3v) is 2.04. The van der Waals surface area contributed by atoms with Crippen molar-refractivity contribution in [2.45, 2.75) is 58.9 Å². The van der Waals surface area contributed by atoms with Crippen LogP contribution in [0.2, 0.25) is 0 Å². The molecule has 2 heteroatoms. The van der Waals surface area contributed by atoms with Gasteiger partial charge in [-0.2, -0.15) is 5.48 Å². The van der Waals surface area contributed by atoms with Crippen LogP contribution in [0.3, 0.4) is 0 Å². The van der Waals surface area contributed by atoms with Crippen LogP contribution in [-0.4, -0.2) is 12.6 Å². The van der Waals surface area contributed by atoms with Crippen molar-refractivity contribution in [1.29, 1.82) is 0 Å². The van der Waals surface area contributed by atoms with Gasteiger partial charge in [-0.25, -0.2) is 0 Å². The molecule has 1 unspecified atom stereocenters. The fourth-order valence-corrected chi connectivity index (χ4v) is 1.19. The van der Waals surface area contributed by atoms with Crippen molar-refractivity contribution in [3.8, 4) is 0 Å². The average Bonchev–Trinajstić information content (AvgIpc) is 2.11. The SMILES string of the molecule is CCCCCC(CC)NOCC. The number of hydrogen-bond donors (Lipinski definition) is 1. The second kappa shape index (κ2) is 9.01. The highest BCUT2D eigenvalue weighted by Gasteiger charge is 2.03. The lowest BCUT2D eigenvalue weighted by atomic mass is 10.1. The van der Waals surface area contributed by atoms with Gasteiger partial charge >= 0.3 is 0 Å². The Morgan fingerprint density at radius 2 is 1.92 bits per heavy atom. The molecule has 0 radical (unpaired) electrons. The summed E-state index contributed by atoms with van der Waals surface area (Å²) in [5.74, 6) is 0. The minimum Gasteiger partial charge on any atom is -0.302 e. The van der Waals surface area contributed by atoms with E-state index in [4.69, 9.17) is 4.84 Å². The predicted molar refractivity (Wildman–Crippen MR) is 53.0 cm³/mol. The summed E-state index contributed by atoms with van der Waals surface area (Å²) in [5, 5.41) is 0. The van der Waals surface area contributed by atoms with Crippen molar-refractivity contribution in [2.24, 2.45) is 0 Å². The monoisotopic (exact) mass is 173 g/mol. The summed E-state index contributed by atoms with van der Waals surface area (Å²) in [7, 11) is 0. The molecule has 0 spiro atoms. The maximum absolute atomic E-state index is 5.17. The van der Waals surface area contributed by atoms with Gasteiger partial charge in [-0.3, -0.25) is 0 Å². The fraction of sp³-hybridized carbons (Fsp3) is 1.00. The van der Waals surface area contributed by atoms with Crippen LogP contribution in [0.1, 0.15) is 52.9 Å². The molecule has 0 heterocycles. The summed E-state index contributed by atoms with van der Waals surface area (Å²) >= 11 is 0. The molecule has 0 aliphatic heterocycles. The number of unbranched alkanes of at least 4 members (excludes halogenated alkanes) is 2. The van der Waals surface area contributed by atoms with Gasteiger partial charge in [0.1, 0.15) is 0 Å². The lowest BCUT2D eigenvalue weighted by Gasteiger charge is -2.15. The maximum Gasteiger partial charge on any atom is 0.0654 e. The van der Waals surface area contributed by atoms with Crippen molar-refractivity contribution < 1.29 is 4.84 Å². The first kappa shape index (κ1) is 11.9. The topological polar surface area (TPSA) is 21.3 Å². The van der Waals surface area contributed by atoms with Gasteiger partial charge in [-0.1, -0.05) is 33.1 Å². The molecule has 1 N–H and O–H groups in total. The molecule has 0 aromatic carbocycles. The number of rotatable bonds is 8. The van der Waals surface area contributed by atoms with E-state index in [9.17, 15) is 0 Å². The summed E-state index contributed by atoms with van der Waals surface area (Å²) in [5.41, 5.74) is 3.08. The third-order valence-electron chi connectivity index (χ3n) is 2.04. The van der Waals surface area contributed by atoms with Crippen molar-refractivity contribution in [3.05, 3.63) is 0 Å². The lowest BCUT2D eigenvalue weighted by molar-refractivity contribution is 0.0208. The Kier molecular flexibility index (Phi) is 8.95. The Morgan fingerprint density at radius 1 is 1.17 bits per heavy atom. The van der Waals surface area contributed by atoms with E-state index in [2.05, 4.69) is 19.3 Å². The molecule has 0 saturated heterocycles. The van der Waals surface area contributed by atoms with Gasteiger partial charge in [0.25, 0.3) is 0 Å². The Labute approximate surface area is 76.6 Å². The highest BCUT2D eigenvalue weighted by atomic mass is 16.6. The fourth-order valence-electron chi connectivity index (χ4n) is 1.19. The zero-order valence-corrected chi connectivity index (χ0v) is 8.73. The highest BCUT2D eigenvalue weighted by Crippen LogP contribution is 2.05. The zero-order valence-electron chi connectivity index (χ0n) is 8.73. The summed E-state index contributed by atoms with van der Waals surface area (Å²) in [6.45, 7) is 7.19. The molecule has 0 saturated carbocycles. The number of hydrogen-bond acceptors (Lipinski definition) is 2. The van der Waals surface area contributed by atoms with Crippen LogP contribution in [0.4, 0.5) is 0 Å². The molecule has 0 aromatic heterocycles. The summed E-state index contributed by atoms with van der Waals surface area (Å²) in [4.78, 5) is 5.17.